The Balaban J connectivity index is 0.00000196. The molecule has 0 aliphatic rings. The second-order valence-electron chi connectivity index (χ2n) is 2.52. The van der Waals surface area contributed by atoms with Crippen molar-refractivity contribution in [2.24, 2.45) is 5.73 Å². The molecule has 0 saturated heterocycles. The molecule has 5 nitrogen and oxygen atoms in total. The SMILES string of the molecule is Cl.NCC(F)(F)CNC(=O)c1cnns1. The quantitative estimate of drug-likeness (QED) is 0.813. The molecule has 1 heterocycles. The maximum Gasteiger partial charge on any atom is 0.277 e. The Morgan fingerprint density at radius 1 is 1.67 bits per heavy atom. The van der Waals surface area contributed by atoms with Crippen LogP contribution in [0.5, 0.6) is 0 Å². The molecule has 86 valence electrons. The molecule has 9 heteroatoms. The summed E-state index contributed by atoms with van der Waals surface area (Å²) in [7, 11) is 0. The lowest BCUT2D eigenvalue weighted by atomic mass is 10.3. The van der Waals surface area contributed by atoms with Crippen molar-refractivity contribution < 1.29 is 13.6 Å². The van der Waals surface area contributed by atoms with E-state index in [1.165, 1.54) is 6.20 Å². The Labute approximate surface area is 94.6 Å². The van der Waals surface area contributed by atoms with Gasteiger partial charge in [-0.15, -0.1) is 17.5 Å². The molecule has 0 spiro atoms. The highest BCUT2D eigenvalue weighted by atomic mass is 35.5. The van der Waals surface area contributed by atoms with Crippen molar-refractivity contribution in [2.75, 3.05) is 13.1 Å². The summed E-state index contributed by atoms with van der Waals surface area (Å²) in [5.74, 6) is -3.69. The van der Waals surface area contributed by atoms with Crippen LogP contribution in [0.3, 0.4) is 0 Å². The van der Waals surface area contributed by atoms with Crippen LogP contribution in [0.1, 0.15) is 9.67 Å². The first-order chi connectivity index (χ1) is 6.55. The zero-order valence-corrected chi connectivity index (χ0v) is 9.08. The van der Waals surface area contributed by atoms with Crippen molar-refractivity contribution in [1.82, 2.24) is 14.9 Å². The number of rotatable bonds is 4. The number of nitrogens with one attached hydrogen (secondary N) is 1. The largest absolute Gasteiger partial charge is 0.345 e. The second kappa shape index (κ2) is 5.89. The van der Waals surface area contributed by atoms with Gasteiger partial charge in [-0.3, -0.25) is 4.79 Å². The van der Waals surface area contributed by atoms with Crippen molar-refractivity contribution in [3.8, 4) is 0 Å². The lowest BCUT2D eigenvalue weighted by Gasteiger charge is -2.13. The first-order valence-electron chi connectivity index (χ1n) is 3.68. The van der Waals surface area contributed by atoms with Gasteiger partial charge in [-0.1, -0.05) is 4.49 Å². The van der Waals surface area contributed by atoms with Crippen molar-refractivity contribution >= 4 is 29.8 Å². The lowest BCUT2D eigenvalue weighted by molar-refractivity contribution is 0.0119. The summed E-state index contributed by atoms with van der Waals surface area (Å²) in [5, 5.41) is 5.44. The highest BCUT2D eigenvalue weighted by molar-refractivity contribution is 7.07. The van der Waals surface area contributed by atoms with E-state index >= 15 is 0 Å². The highest BCUT2D eigenvalue weighted by Crippen LogP contribution is 2.09. The molecule has 0 aliphatic heterocycles. The Hall–Kier alpha value is -0.860. The Morgan fingerprint density at radius 2 is 2.33 bits per heavy atom. The minimum atomic E-state index is -3.08. The van der Waals surface area contributed by atoms with E-state index in [1.54, 1.807) is 0 Å². The van der Waals surface area contributed by atoms with Crippen molar-refractivity contribution in [3.05, 3.63) is 11.1 Å². The summed E-state index contributed by atoms with van der Waals surface area (Å²) in [5.41, 5.74) is 4.79. The van der Waals surface area contributed by atoms with Crippen LogP contribution in [-0.2, 0) is 0 Å². The minimum Gasteiger partial charge on any atom is -0.345 e. The van der Waals surface area contributed by atoms with Crippen LogP contribution < -0.4 is 11.1 Å². The van der Waals surface area contributed by atoms with E-state index in [1.807, 2.05) is 5.32 Å². The fraction of sp³-hybridized carbons (Fsp3) is 0.500. The first-order valence-corrected chi connectivity index (χ1v) is 4.46. The normalized spacial score (nSPS) is 10.6. The average Bonchev–Trinajstić information content (AvgIpc) is 2.67. The van der Waals surface area contributed by atoms with Crippen LogP contribution in [-0.4, -0.2) is 34.5 Å². The number of nitrogens with two attached hydrogens (primary N) is 1. The molecule has 0 atom stereocenters. The molecule has 3 N–H and O–H groups in total. The standard InChI is InChI=1S/C6H8F2N4OS.ClH/c7-6(8,2-9)3-10-5(13)4-1-11-12-14-4;/h1H,2-3,9H2,(H,10,13);1H. The van der Waals surface area contributed by atoms with E-state index in [4.69, 9.17) is 5.73 Å². The van der Waals surface area contributed by atoms with Gasteiger partial charge in [0.05, 0.1) is 19.3 Å². The van der Waals surface area contributed by atoms with Crippen LogP contribution in [0.25, 0.3) is 0 Å². The zero-order chi connectivity index (χ0) is 10.6. The molecule has 0 aliphatic carbocycles. The van der Waals surface area contributed by atoms with E-state index in [-0.39, 0.29) is 17.3 Å². The smallest absolute Gasteiger partial charge is 0.277 e. The number of carbonyl (C=O) groups is 1. The average molecular weight is 259 g/mol. The van der Waals surface area contributed by atoms with Crippen LogP contribution in [0.2, 0.25) is 0 Å². The van der Waals surface area contributed by atoms with Gasteiger partial charge in [0.15, 0.2) is 0 Å². The number of amides is 1. The van der Waals surface area contributed by atoms with E-state index in [0.29, 0.717) is 0 Å². The maximum absolute atomic E-state index is 12.6. The molecule has 1 rings (SSSR count). The molecule has 1 amide bonds. The van der Waals surface area contributed by atoms with Gasteiger partial charge in [-0.25, -0.2) is 8.78 Å². The predicted octanol–water partition coefficient (Wildman–Crippen LogP) is 0.284. The summed E-state index contributed by atoms with van der Waals surface area (Å²) in [6.45, 7) is -1.57. The van der Waals surface area contributed by atoms with E-state index in [9.17, 15) is 13.6 Å². The molecule has 0 radical (unpaired) electrons. The molecule has 15 heavy (non-hydrogen) atoms. The summed E-state index contributed by atoms with van der Waals surface area (Å²) in [6, 6.07) is 0. The van der Waals surface area contributed by atoms with Gasteiger partial charge < -0.3 is 11.1 Å². The molecular formula is C6H9ClF2N4OS. The van der Waals surface area contributed by atoms with Gasteiger partial charge in [0, 0.05) is 0 Å². The Kier molecular flexibility index (Phi) is 5.55. The third-order valence-electron chi connectivity index (χ3n) is 1.39. The van der Waals surface area contributed by atoms with Crippen LogP contribution in [0.15, 0.2) is 6.20 Å². The van der Waals surface area contributed by atoms with Gasteiger partial charge in [-0.2, -0.15) is 0 Å². The van der Waals surface area contributed by atoms with Gasteiger partial charge in [0.2, 0.25) is 0 Å². The Bertz CT molecular complexity index is 308. The molecule has 1 aromatic heterocycles. The molecule has 0 aromatic carbocycles. The van der Waals surface area contributed by atoms with Crippen molar-refractivity contribution in [3.63, 3.8) is 0 Å². The van der Waals surface area contributed by atoms with E-state index in [2.05, 4.69) is 9.59 Å². The van der Waals surface area contributed by atoms with E-state index in [0.717, 1.165) is 11.5 Å². The zero-order valence-electron chi connectivity index (χ0n) is 7.44. The minimum absolute atomic E-state index is 0. The number of hydrogen-bond donors (Lipinski definition) is 2. The first kappa shape index (κ1) is 14.1. The van der Waals surface area contributed by atoms with Gasteiger partial charge in [-0.05, 0) is 11.5 Å². The molecule has 1 aromatic rings. The number of halogens is 3. The number of alkyl halides is 2. The van der Waals surface area contributed by atoms with Gasteiger partial charge in [0.25, 0.3) is 11.8 Å². The molecule has 0 bridgehead atoms. The summed E-state index contributed by atoms with van der Waals surface area (Å²) < 4.78 is 28.6. The molecular weight excluding hydrogens is 250 g/mol. The monoisotopic (exact) mass is 258 g/mol. The number of nitrogens with zero attached hydrogens (tertiary/aromatic N) is 2. The third-order valence-corrected chi connectivity index (χ3v) is 2.05. The van der Waals surface area contributed by atoms with Crippen LogP contribution in [0, 0.1) is 0 Å². The topological polar surface area (TPSA) is 80.9 Å². The summed E-state index contributed by atoms with van der Waals surface area (Å²) in [6.07, 6.45) is 1.21. The number of carbonyl (C=O) groups excluding carboxylic acids is 1. The van der Waals surface area contributed by atoms with Crippen molar-refractivity contribution in [1.29, 1.82) is 0 Å². The van der Waals surface area contributed by atoms with Crippen molar-refractivity contribution in [2.45, 2.75) is 5.92 Å². The number of hydrogen-bond acceptors (Lipinski definition) is 5. The summed E-state index contributed by atoms with van der Waals surface area (Å²) in [4.78, 5) is 11.3. The maximum atomic E-state index is 12.6. The van der Waals surface area contributed by atoms with E-state index < -0.39 is 24.9 Å². The fourth-order valence-corrected chi connectivity index (χ4v) is 1.07. The molecule has 0 saturated carbocycles. The van der Waals surface area contributed by atoms with Crippen LogP contribution in [0.4, 0.5) is 8.78 Å². The fourth-order valence-electron chi connectivity index (χ4n) is 0.636. The van der Waals surface area contributed by atoms with Gasteiger partial charge in [0.1, 0.15) is 4.88 Å². The third kappa shape index (κ3) is 4.45. The lowest BCUT2D eigenvalue weighted by Crippen LogP contribution is -2.41. The Morgan fingerprint density at radius 3 is 2.80 bits per heavy atom. The predicted molar refractivity (Wildman–Crippen MR) is 53.5 cm³/mol. The number of aromatic nitrogens is 2. The van der Waals surface area contributed by atoms with Gasteiger partial charge >= 0.3 is 0 Å². The molecule has 0 unspecified atom stereocenters. The second-order valence-corrected chi connectivity index (χ2v) is 3.31. The van der Waals surface area contributed by atoms with Crippen LogP contribution >= 0.6 is 23.9 Å². The molecule has 0 fully saturated rings. The highest BCUT2D eigenvalue weighted by Gasteiger charge is 2.27. The summed E-state index contributed by atoms with van der Waals surface area (Å²) >= 11 is 0.840.